The van der Waals surface area contributed by atoms with Crippen molar-refractivity contribution in [1.82, 2.24) is 24.9 Å². The average Bonchev–Trinajstić information content (AvgIpc) is 3.39. The van der Waals surface area contributed by atoms with Crippen LogP contribution in [0.4, 0.5) is 11.5 Å². The molecule has 32 heavy (non-hydrogen) atoms. The largest absolute Gasteiger partial charge is 0.378 e. The predicted molar refractivity (Wildman–Crippen MR) is 126 cm³/mol. The van der Waals surface area contributed by atoms with Gasteiger partial charge in [-0.2, -0.15) is 0 Å². The third kappa shape index (κ3) is 3.26. The van der Waals surface area contributed by atoms with Gasteiger partial charge in [0.25, 0.3) is 0 Å². The first-order valence-electron chi connectivity index (χ1n) is 11.4. The van der Waals surface area contributed by atoms with Crippen LogP contribution >= 0.6 is 0 Å². The van der Waals surface area contributed by atoms with Gasteiger partial charge in [-0.25, -0.2) is 15.0 Å². The molecule has 1 atom stereocenters. The van der Waals surface area contributed by atoms with Crippen molar-refractivity contribution in [3.8, 4) is 0 Å². The highest BCUT2D eigenvalue weighted by Crippen LogP contribution is 2.36. The second-order valence-corrected chi connectivity index (χ2v) is 8.75. The first-order chi connectivity index (χ1) is 15.7. The third-order valence-electron chi connectivity index (χ3n) is 6.67. The number of hydrazine groups is 1. The molecule has 5 heterocycles. The molecule has 0 radical (unpaired) electrons. The van der Waals surface area contributed by atoms with Gasteiger partial charge in [0.05, 0.1) is 31.5 Å². The Bertz CT molecular complexity index is 1180. The lowest BCUT2D eigenvalue weighted by molar-refractivity contribution is 0.123. The standard InChI is InChI=1S/C24H29N7O/c1-17-4-3-5-18(14-17)19-6-8-31(28(19)2)21-15-20(29-10-12-32-13-11-29)23-24(27-21)30-9-7-25-16-22(30)26-23/h3-6,8,14-15,19,25H,7,9-13,16H2,1-2H3. The number of hydrogen-bond acceptors (Lipinski definition) is 7. The summed E-state index contributed by atoms with van der Waals surface area (Å²) in [7, 11) is 2.13. The average molecular weight is 432 g/mol. The van der Waals surface area contributed by atoms with Gasteiger partial charge in [0.2, 0.25) is 0 Å². The van der Waals surface area contributed by atoms with Crippen molar-refractivity contribution < 1.29 is 4.74 Å². The second kappa shape index (κ2) is 7.88. The number of nitrogens with one attached hydrogen (secondary N) is 1. The summed E-state index contributed by atoms with van der Waals surface area (Å²) in [4.78, 5) is 12.5. The van der Waals surface area contributed by atoms with E-state index in [-0.39, 0.29) is 6.04 Å². The maximum Gasteiger partial charge on any atom is 0.164 e. The molecule has 166 valence electrons. The number of imidazole rings is 1. The van der Waals surface area contributed by atoms with Crippen molar-refractivity contribution in [3.63, 3.8) is 0 Å². The van der Waals surface area contributed by atoms with Gasteiger partial charge in [0.1, 0.15) is 11.3 Å². The molecule has 3 aliphatic rings. The van der Waals surface area contributed by atoms with E-state index in [2.05, 4.69) is 81.4 Å². The second-order valence-electron chi connectivity index (χ2n) is 8.75. The Morgan fingerprint density at radius 3 is 2.81 bits per heavy atom. The Kier molecular flexibility index (Phi) is 4.86. The molecule has 0 bridgehead atoms. The summed E-state index contributed by atoms with van der Waals surface area (Å²) >= 11 is 0. The molecule has 0 aliphatic carbocycles. The van der Waals surface area contributed by atoms with E-state index in [1.165, 1.54) is 11.1 Å². The lowest BCUT2D eigenvalue weighted by atomic mass is 10.0. The highest BCUT2D eigenvalue weighted by atomic mass is 16.5. The van der Waals surface area contributed by atoms with Gasteiger partial charge < -0.3 is 19.5 Å². The van der Waals surface area contributed by atoms with Gasteiger partial charge in [-0.15, -0.1) is 0 Å². The topological polar surface area (TPSA) is 61.7 Å². The monoisotopic (exact) mass is 431 g/mol. The number of pyridine rings is 1. The zero-order valence-corrected chi connectivity index (χ0v) is 18.7. The quantitative estimate of drug-likeness (QED) is 0.684. The van der Waals surface area contributed by atoms with Crippen LogP contribution in [0.5, 0.6) is 0 Å². The van der Waals surface area contributed by atoms with E-state index < -0.39 is 0 Å². The number of anilines is 2. The number of benzene rings is 1. The van der Waals surface area contributed by atoms with Gasteiger partial charge in [0.15, 0.2) is 11.5 Å². The van der Waals surface area contributed by atoms with Crippen LogP contribution in [0.3, 0.4) is 0 Å². The van der Waals surface area contributed by atoms with Crippen LogP contribution in [0, 0.1) is 6.92 Å². The summed E-state index contributed by atoms with van der Waals surface area (Å²) < 4.78 is 7.89. The lowest BCUT2D eigenvalue weighted by Crippen LogP contribution is -2.37. The molecule has 0 spiro atoms. The third-order valence-corrected chi connectivity index (χ3v) is 6.67. The summed E-state index contributed by atoms with van der Waals surface area (Å²) in [5.74, 6) is 1.99. The van der Waals surface area contributed by atoms with E-state index in [9.17, 15) is 0 Å². The Morgan fingerprint density at radius 2 is 1.97 bits per heavy atom. The highest BCUT2D eigenvalue weighted by Gasteiger charge is 2.29. The van der Waals surface area contributed by atoms with Crippen molar-refractivity contribution in [2.24, 2.45) is 0 Å². The first-order valence-corrected chi connectivity index (χ1v) is 11.4. The predicted octanol–water partition coefficient (Wildman–Crippen LogP) is 2.60. The van der Waals surface area contributed by atoms with Gasteiger partial charge in [0, 0.05) is 45.5 Å². The molecular weight excluding hydrogens is 402 g/mol. The van der Waals surface area contributed by atoms with E-state index in [0.717, 1.165) is 74.4 Å². The minimum absolute atomic E-state index is 0.183. The number of aromatic nitrogens is 3. The van der Waals surface area contributed by atoms with Gasteiger partial charge in [-0.05, 0) is 18.6 Å². The number of rotatable bonds is 3. The molecular formula is C24H29N7O. The minimum Gasteiger partial charge on any atom is -0.378 e. The summed E-state index contributed by atoms with van der Waals surface area (Å²) in [5, 5.41) is 7.85. The maximum atomic E-state index is 5.61. The molecule has 1 fully saturated rings. The van der Waals surface area contributed by atoms with Crippen molar-refractivity contribution in [2.45, 2.75) is 26.1 Å². The van der Waals surface area contributed by atoms with Crippen molar-refractivity contribution >= 4 is 22.7 Å². The molecule has 3 aromatic rings. The summed E-state index contributed by atoms with van der Waals surface area (Å²) in [6.07, 6.45) is 4.38. The Morgan fingerprint density at radius 1 is 1.09 bits per heavy atom. The van der Waals surface area contributed by atoms with Gasteiger partial charge >= 0.3 is 0 Å². The van der Waals surface area contributed by atoms with Crippen LogP contribution in [-0.4, -0.2) is 59.4 Å². The maximum absolute atomic E-state index is 5.61. The zero-order chi connectivity index (χ0) is 21.7. The molecule has 0 amide bonds. The fourth-order valence-electron chi connectivity index (χ4n) is 4.98. The summed E-state index contributed by atoms with van der Waals surface area (Å²) in [6.45, 7) is 7.99. The van der Waals surface area contributed by atoms with Crippen LogP contribution in [0.1, 0.15) is 23.0 Å². The van der Waals surface area contributed by atoms with E-state index in [0.29, 0.717) is 0 Å². The summed E-state index contributed by atoms with van der Waals surface area (Å²) in [6, 6.07) is 11.1. The SMILES string of the molecule is Cc1cccc(C2C=CN(c3cc(N4CCOCC4)c4nc5n(c4n3)CCNC5)N2C)c1. The number of morpholine rings is 1. The molecule has 2 aromatic heterocycles. The Hall–Kier alpha value is -2.94. The normalized spacial score (nSPS) is 21.5. The van der Waals surface area contributed by atoms with Crippen LogP contribution in [0.15, 0.2) is 42.6 Å². The van der Waals surface area contributed by atoms with Gasteiger partial charge in [-0.1, -0.05) is 29.8 Å². The van der Waals surface area contributed by atoms with E-state index in [1.807, 2.05) is 0 Å². The molecule has 1 unspecified atom stereocenters. The number of hydrogen-bond donors (Lipinski definition) is 1. The minimum atomic E-state index is 0.183. The van der Waals surface area contributed by atoms with Crippen molar-refractivity contribution in [3.05, 3.63) is 59.6 Å². The Balaban J connectivity index is 1.43. The van der Waals surface area contributed by atoms with Crippen LogP contribution in [0.2, 0.25) is 0 Å². The fraction of sp³-hybridized carbons (Fsp3) is 0.417. The highest BCUT2D eigenvalue weighted by molar-refractivity contribution is 5.89. The molecule has 8 heteroatoms. The fourth-order valence-corrected chi connectivity index (χ4v) is 4.98. The van der Waals surface area contributed by atoms with Crippen molar-refractivity contribution in [1.29, 1.82) is 0 Å². The number of aryl methyl sites for hydroxylation is 1. The van der Waals surface area contributed by atoms with Crippen LogP contribution in [-0.2, 0) is 17.8 Å². The van der Waals surface area contributed by atoms with Crippen LogP contribution < -0.4 is 15.2 Å². The zero-order valence-electron chi connectivity index (χ0n) is 18.7. The summed E-state index contributed by atoms with van der Waals surface area (Å²) in [5.41, 5.74) is 5.68. The molecule has 0 saturated carbocycles. The molecule has 1 saturated heterocycles. The van der Waals surface area contributed by atoms with E-state index in [4.69, 9.17) is 14.7 Å². The molecule has 3 aliphatic heterocycles. The van der Waals surface area contributed by atoms with E-state index in [1.54, 1.807) is 0 Å². The lowest BCUT2D eigenvalue weighted by Gasteiger charge is -2.32. The van der Waals surface area contributed by atoms with Crippen LogP contribution in [0.25, 0.3) is 11.2 Å². The number of nitrogens with zero attached hydrogens (tertiary/aromatic N) is 6. The van der Waals surface area contributed by atoms with E-state index >= 15 is 0 Å². The smallest absolute Gasteiger partial charge is 0.164 e. The Labute approximate surface area is 188 Å². The molecule has 1 aromatic carbocycles. The molecule has 6 rings (SSSR count). The molecule has 8 nitrogen and oxygen atoms in total. The number of likely N-dealkylation sites (N-methyl/N-ethyl adjacent to an activating group) is 1. The number of ether oxygens (including phenoxy) is 1. The first kappa shape index (κ1) is 19.7. The van der Waals surface area contributed by atoms with Gasteiger partial charge in [-0.3, -0.25) is 5.01 Å². The molecule has 1 N–H and O–H groups in total. The number of fused-ring (bicyclic) bond motifs is 3. The van der Waals surface area contributed by atoms with Crippen molar-refractivity contribution in [2.75, 3.05) is 49.8 Å².